The van der Waals surface area contributed by atoms with E-state index in [1.165, 1.54) is 51.8 Å². The van der Waals surface area contributed by atoms with Crippen molar-refractivity contribution >= 4 is 280 Å². The van der Waals surface area contributed by atoms with Crippen molar-refractivity contribution in [3.05, 3.63) is 346 Å². The number of fused-ring (bicyclic) bond motifs is 31. The van der Waals surface area contributed by atoms with Crippen LogP contribution in [0.5, 0.6) is 0 Å². The fraction of sp³-hybridized carbons (Fsp3) is 0.0101. The van der Waals surface area contributed by atoms with Gasteiger partial charge in [0.15, 0.2) is 11.2 Å². The first kappa shape index (κ1) is 86.6. The molecule has 2 aromatic carbocycles. The van der Waals surface area contributed by atoms with Crippen molar-refractivity contribution in [3.63, 3.8) is 0 Å². The summed E-state index contributed by atoms with van der Waals surface area (Å²) < 4.78 is 34.0. The van der Waals surface area contributed by atoms with Crippen LogP contribution in [0.25, 0.3) is 223 Å². The molecule has 32 aromatic rings. The zero-order chi connectivity index (χ0) is 93.7. The average molecular weight is 1920 g/mol. The predicted molar refractivity (Wildman–Crippen MR) is 542 cm³/mol. The van der Waals surface area contributed by atoms with Gasteiger partial charge in [-0.1, -0.05) is 47.7 Å². The summed E-state index contributed by atoms with van der Waals surface area (Å²) in [5.41, 5.74) is 9.60. The van der Waals surface area contributed by atoms with E-state index in [9.17, 15) is 0 Å². The number of para-hydroxylation sites is 1. The molecule has 0 radical (unpaired) electrons. The highest BCUT2D eigenvalue weighted by Crippen LogP contribution is 2.37. The Labute approximate surface area is 803 Å². The second-order valence-electron chi connectivity index (χ2n) is 29.6. The number of hydrogen-bond donors (Lipinski definition) is 0. The van der Waals surface area contributed by atoms with Crippen LogP contribution in [0.4, 0.5) is 0 Å². The molecule has 670 valence electrons. The van der Waals surface area contributed by atoms with Crippen molar-refractivity contribution in [2.75, 3.05) is 0 Å². The van der Waals surface area contributed by atoms with Gasteiger partial charge in [-0.25, -0.2) is 120 Å². The number of pyridine rings is 8. The lowest BCUT2D eigenvalue weighted by atomic mass is 10.2. The van der Waals surface area contributed by atoms with Crippen LogP contribution in [0.1, 0.15) is 0 Å². The minimum absolute atomic E-state index is 0.587. The Kier molecular flexibility index (Phi) is 24.8. The third-order valence-corrected chi connectivity index (χ3v) is 26.5. The Morgan fingerprint density at radius 3 is 1.24 bits per heavy atom. The van der Waals surface area contributed by atoms with Gasteiger partial charge < -0.3 is 26.7 Å². The molecule has 0 bridgehead atoms. The van der Waals surface area contributed by atoms with Gasteiger partial charge in [-0.05, 0) is 91.0 Å². The topological polar surface area (TPSA) is 457 Å². The summed E-state index contributed by atoms with van der Waals surface area (Å²) >= 11 is 8.28. The van der Waals surface area contributed by atoms with E-state index in [0.717, 1.165) is 169 Å². The smallest absolute Gasteiger partial charge is 0.232 e. The molecule has 140 heavy (non-hydrogen) atoms. The van der Waals surface area contributed by atoms with E-state index in [2.05, 4.69) is 168 Å². The highest BCUT2D eigenvalue weighted by molar-refractivity contribution is 7.27. The Morgan fingerprint density at radius 2 is 0.564 bits per heavy atom. The first-order valence-electron chi connectivity index (χ1n) is 42.2. The summed E-state index contributed by atoms with van der Waals surface area (Å²) in [5, 5.41) is 19.9. The molecule has 0 aliphatic heterocycles. The first-order valence-corrected chi connectivity index (χ1v) is 46.2. The van der Waals surface area contributed by atoms with Crippen LogP contribution in [0.3, 0.4) is 0 Å². The summed E-state index contributed by atoms with van der Waals surface area (Å²) in [4.78, 5) is 128. The summed E-state index contributed by atoms with van der Waals surface area (Å²) in [7, 11) is 1.97. The summed E-state index contributed by atoms with van der Waals surface area (Å²) in [6.45, 7) is 0. The molecule has 0 saturated heterocycles. The lowest BCUT2D eigenvalue weighted by molar-refractivity contribution is 0.639. The van der Waals surface area contributed by atoms with Crippen LogP contribution in [-0.4, -0.2) is 154 Å². The van der Waals surface area contributed by atoms with Crippen LogP contribution in [0, 0.1) is 0 Å². The Balaban J connectivity index is 0.0000000886. The van der Waals surface area contributed by atoms with E-state index in [-0.39, 0.29) is 0 Å². The largest absolute Gasteiger partial charge is 0.438 e. The quantitative estimate of drug-likeness (QED) is 0.136. The summed E-state index contributed by atoms with van der Waals surface area (Å²) in [6, 6.07) is 41.3. The molecule has 0 aliphatic carbocycles. The number of hydrogen-bond acceptors (Lipinski definition) is 40. The number of benzene rings is 2. The number of aromatic nitrogens is 31. The lowest BCUT2D eigenvalue weighted by Crippen LogP contribution is -1.86. The molecule has 36 nitrogen and oxygen atoms in total. The van der Waals surface area contributed by atoms with E-state index in [0.29, 0.717) is 34.3 Å². The van der Waals surface area contributed by atoms with Crippen LogP contribution < -0.4 is 0 Å². The van der Waals surface area contributed by atoms with Crippen molar-refractivity contribution in [2.45, 2.75) is 0 Å². The third-order valence-electron chi connectivity index (χ3n) is 21.1. The number of rotatable bonds is 0. The zero-order valence-corrected chi connectivity index (χ0v) is 76.4. The van der Waals surface area contributed by atoms with Gasteiger partial charge in [-0.3, -0.25) is 29.9 Å². The van der Waals surface area contributed by atoms with Gasteiger partial charge in [-0.2, -0.15) is 0 Å². The van der Waals surface area contributed by atoms with Crippen LogP contribution in [-0.2, 0) is 7.05 Å². The molecule has 0 amide bonds. The van der Waals surface area contributed by atoms with Crippen molar-refractivity contribution in [3.8, 4) is 0 Å². The second kappa shape index (κ2) is 40.1. The van der Waals surface area contributed by atoms with E-state index in [1.807, 2.05) is 177 Å². The van der Waals surface area contributed by atoms with Crippen LogP contribution in [0.2, 0.25) is 0 Å². The van der Waals surface area contributed by atoms with Gasteiger partial charge in [0.05, 0.1) is 58.8 Å². The SMILES string of the molecule is Cn1ccc2cncnc21.c1cc2c(cn1)oc1ncncc12.c1cc2c(cn1)sc1ncncc12.c1cc2oc3ncncc3c2cn1.c1cc2sc3ncncc3c2cn1.c1ccc2c(c1)oc1ncncc12.c1ccc2c(c1)sc1ncncc12.c1cnc2c(c1)oc1ncncc12.c1cnc2c(c1)sc1ncncc12.c1cnc2oc3ncncc3c2c1.c1cnc2sc3ncncc3c2c1. The van der Waals surface area contributed by atoms with Crippen molar-refractivity contribution in [1.29, 1.82) is 0 Å². The Hall–Kier alpha value is -18.8. The van der Waals surface area contributed by atoms with Crippen LogP contribution >= 0.6 is 56.7 Å². The maximum absolute atomic E-state index is 5.50. The number of aryl methyl sites for hydroxylation is 1. The number of furan rings is 5. The normalized spacial score (nSPS) is 11.0. The van der Waals surface area contributed by atoms with Gasteiger partial charge in [-0.15, -0.1) is 45.3 Å². The molecule has 0 spiro atoms. The van der Waals surface area contributed by atoms with Gasteiger partial charge >= 0.3 is 0 Å². The highest BCUT2D eigenvalue weighted by Gasteiger charge is 2.15. The standard InChI is InChI=1S/C10H6N2O.C10H6N2S.4C9H5N3O.4C9H5N3S.C7H7N3/c2*1-2-4-9-7(3-1)8-5-11-6-12-10(8)13-9;1-2-10-3-6-7-4-11-5-12-9(7)13-8(1)6;1-2-10-4-8-6(1)7-3-11-5-12-9(7)13-8;1-2-7-8(11-3-1)6-4-10-5-12-9(6)13-7;1-2-6-7-4-10-5-12-9(7)13-8(6)11-3-1;1-2-10-3-6-7-4-11-5-12-9(7)13-8(1)6;1-2-10-4-8-6(1)7-3-11-5-12-9(7)13-8;1-2-7-8(11-3-1)6-4-10-5-12-9(6)13-7;1-2-6-7-4-10-5-12-9(7)13-8(6)11-3-1;1-10-3-2-6-4-8-5-9-7(6)10/h2*1-6H;8*1-5H;2-5H,1H3. The van der Waals surface area contributed by atoms with E-state index >= 15 is 0 Å². The molecule has 32 rings (SSSR count). The van der Waals surface area contributed by atoms with Crippen molar-refractivity contribution < 1.29 is 22.1 Å². The fourth-order valence-electron chi connectivity index (χ4n) is 14.8. The maximum Gasteiger partial charge on any atom is 0.232 e. The number of nitrogens with zero attached hydrogens (tertiary/aromatic N) is 31. The summed E-state index contributed by atoms with van der Waals surface area (Å²) in [5.74, 6) is 0. The molecule has 41 heteroatoms. The van der Waals surface area contributed by atoms with Gasteiger partial charge in [0, 0.05) is 224 Å². The molecule has 0 aliphatic rings. The number of thiophene rings is 5. The van der Waals surface area contributed by atoms with Crippen molar-refractivity contribution in [1.82, 2.24) is 154 Å². The van der Waals surface area contributed by atoms with E-state index in [4.69, 9.17) is 22.1 Å². The lowest BCUT2D eigenvalue weighted by Gasteiger charge is -1.90. The molecule has 30 heterocycles. The third kappa shape index (κ3) is 18.3. The Bertz CT molecular complexity index is 7730. The molecule has 0 unspecified atom stereocenters. The highest BCUT2D eigenvalue weighted by atomic mass is 32.1. The fourth-order valence-corrected chi connectivity index (χ4v) is 19.7. The monoisotopic (exact) mass is 1920 g/mol. The molecular weight excluding hydrogens is 1860 g/mol. The predicted octanol–water partition coefficient (Wildman–Crippen LogP) is 22.2. The van der Waals surface area contributed by atoms with Crippen LogP contribution in [0.15, 0.2) is 368 Å². The summed E-state index contributed by atoms with van der Waals surface area (Å²) in [6.07, 6.45) is 59.6. The van der Waals surface area contributed by atoms with Gasteiger partial charge in [0.1, 0.15) is 121 Å². The van der Waals surface area contributed by atoms with E-state index in [1.54, 1.807) is 188 Å². The molecule has 0 saturated carbocycles. The molecular formula is C99H59N31O5S5. The molecule has 0 atom stereocenters. The maximum atomic E-state index is 5.50. The van der Waals surface area contributed by atoms with Gasteiger partial charge in [0.2, 0.25) is 34.3 Å². The second-order valence-corrected chi connectivity index (χ2v) is 34.7. The first-order chi connectivity index (χ1) is 69.4. The minimum Gasteiger partial charge on any atom is -0.438 e. The molecule has 0 N–H and O–H groups in total. The van der Waals surface area contributed by atoms with E-state index < -0.39 is 0 Å². The Morgan fingerprint density at radius 1 is 0.193 bits per heavy atom. The average Bonchev–Trinajstić information content (AvgIpc) is 1.68. The molecule has 0 fully saturated rings. The minimum atomic E-state index is 0.587. The van der Waals surface area contributed by atoms with Gasteiger partial charge in [0.25, 0.3) is 0 Å². The molecule has 30 aromatic heterocycles. The van der Waals surface area contributed by atoms with Crippen molar-refractivity contribution in [2.24, 2.45) is 7.05 Å². The zero-order valence-electron chi connectivity index (χ0n) is 72.3.